The van der Waals surface area contributed by atoms with Crippen molar-refractivity contribution in [2.75, 3.05) is 32.8 Å². The summed E-state index contributed by atoms with van der Waals surface area (Å²) in [5, 5.41) is 3.49. The van der Waals surface area contributed by atoms with Crippen LogP contribution in [-0.2, 0) is 11.2 Å². The van der Waals surface area contributed by atoms with Gasteiger partial charge in [0, 0.05) is 23.8 Å². The van der Waals surface area contributed by atoms with E-state index < -0.39 is 0 Å². The van der Waals surface area contributed by atoms with Crippen molar-refractivity contribution in [1.29, 1.82) is 0 Å². The van der Waals surface area contributed by atoms with Gasteiger partial charge in [-0.1, -0.05) is 12.1 Å². The Morgan fingerprint density at radius 1 is 1.23 bits per heavy atom. The van der Waals surface area contributed by atoms with Crippen LogP contribution < -0.4 is 5.73 Å². The smallest absolute Gasteiger partial charge is 0.0593 e. The second-order valence-corrected chi connectivity index (χ2v) is 6.45. The van der Waals surface area contributed by atoms with Gasteiger partial charge < -0.3 is 21.4 Å². The van der Waals surface area contributed by atoms with Gasteiger partial charge in [-0.05, 0) is 47.8 Å². The number of benzene rings is 1. The molecule has 0 aliphatic carbocycles. The predicted molar refractivity (Wildman–Crippen MR) is 92.6 cm³/mol. The SMILES string of the molecule is NC1CCN(CCOCCc2ccc3sccc3c2)C1.O.O. The third-order valence-electron chi connectivity index (χ3n) is 3.91. The van der Waals surface area contributed by atoms with E-state index in [4.69, 9.17) is 10.5 Å². The summed E-state index contributed by atoms with van der Waals surface area (Å²) in [6.45, 7) is 4.78. The van der Waals surface area contributed by atoms with Crippen LogP contribution in [0, 0.1) is 0 Å². The molecule has 22 heavy (non-hydrogen) atoms. The highest BCUT2D eigenvalue weighted by atomic mass is 32.1. The maximum absolute atomic E-state index is 5.89. The summed E-state index contributed by atoms with van der Waals surface area (Å²) in [6.07, 6.45) is 2.12. The summed E-state index contributed by atoms with van der Waals surface area (Å²) in [5.74, 6) is 0. The van der Waals surface area contributed by atoms with Crippen LogP contribution in [0.2, 0.25) is 0 Å². The molecule has 1 aliphatic rings. The zero-order valence-corrected chi connectivity index (χ0v) is 13.6. The Bertz CT molecular complexity index is 561. The summed E-state index contributed by atoms with van der Waals surface area (Å²) >= 11 is 1.80. The van der Waals surface area contributed by atoms with Crippen molar-refractivity contribution in [3.8, 4) is 0 Å². The first-order chi connectivity index (χ1) is 9.81. The highest BCUT2D eigenvalue weighted by Gasteiger charge is 2.17. The second kappa shape index (κ2) is 9.19. The Hall–Kier alpha value is -1.02. The highest BCUT2D eigenvalue weighted by Crippen LogP contribution is 2.21. The van der Waals surface area contributed by atoms with Crippen LogP contribution in [0.5, 0.6) is 0 Å². The maximum atomic E-state index is 5.89. The normalized spacial score (nSPS) is 18.1. The maximum Gasteiger partial charge on any atom is 0.0593 e. The molecule has 6 N–H and O–H groups in total. The molecule has 124 valence electrons. The lowest BCUT2D eigenvalue weighted by molar-refractivity contribution is 0.113. The van der Waals surface area contributed by atoms with Crippen LogP contribution in [0.25, 0.3) is 10.1 Å². The zero-order valence-electron chi connectivity index (χ0n) is 12.8. The van der Waals surface area contributed by atoms with E-state index in [1.807, 2.05) is 0 Å². The summed E-state index contributed by atoms with van der Waals surface area (Å²) in [6, 6.07) is 9.24. The number of thiophene rings is 1. The molecule has 6 heteroatoms. The summed E-state index contributed by atoms with van der Waals surface area (Å²) in [7, 11) is 0. The molecule has 1 atom stereocenters. The fourth-order valence-electron chi connectivity index (χ4n) is 2.72. The number of ether oxygens (including phenoxy) is 1. The lowest BCUT2D eigenvalue weighted by atomic mass is 10.1. The lowest BCUT2D eigenvalue weighted by Crippen LogP contribution is -2.29. The minimum atomic E-state index is 0. The molecule has 0 saturated carbocycles. The van der Waals surface area contributed by atoms with E-state index in [-0.39, 0.29) is 11.0 Å². The zero-order chi connectivity index (χ0) is 13.8. The lowest BCUT2D eigenvalue weighted by Gasteiger charge is -2.14. The van der Waals surface area contributed by atoms with Crippen molar-refractivity contribution >= 4 is 21.4 Å². The van der Waals surface area contributed by atoms with Crippen molar-refractivity contribution in [2.24, 2.45) is 5.73 Å². The van der Waals surface area contributed by atoms with Crippen LogP contribution in [-0.4, -0.2) is 54.7 Å². The van der Waals surface area contributed by atoms with Crippen molar-refractivity contribution in [3.05, 3.63) is 35.2 Å². The van der Waals surface area contributed by atoms with Gasteiger partial charge >= 0.3 is 0 Å². The molecule has 1 saturated heterocycles. The first kappa shape index (κ1) is 19.0. The third-order valence-corrected chi connectivity index (χ3v) is 4.81. The van der Waals surface area contributed by atoms with Crippen molar-refractivity contribution in [2.45, 2.75) is 18.9 Å². The molecule has 0 amide bonds. The van der Waals surface area contributed by atoms with Gasteiger partial charge in [0.15, 0.2) is 0 Å². The molecule has 5 nitrogen and oxygen atoms in total. The molecule has 1 unspecified atom stereocenters. The molecule has 3 rings (SSSR count). The van der Waals surface area contributed by atoms with Crippen molar-refractivity contribution in [3.63, 3.8) is 0 Å². The molecule has 1 aliphatic heterocycles. The van der Waals surface area contributed by atoms with Crippen LogP contribution in [0.1, 0.15) is 12.0 Å². The van der Waals surface area contributed by atoms with E-state index in [9.17, 15) is 0 Å². The first-order valence-electron chi connectivity index (χ1n) is 7.33. The largest absolute Gasteiger partial charge is 0.412 e. The summed E-state index contributed by atoms with van der Waals surface area (Å²) in [5.41, 5.74) is 7.25. The van der Waals surface area contributed by atoms with Gasteiger partial charge in [-0.15, -0.1) is 11.3 Å². The summed E-state index contributed by atoms with van der Waals surface area (Å²) < 4.78 is 7.11. The molecule has 1 aromatic heterocycles. The number of fused-ring (bicyclic) bond motifs is 1. The molecule has 0 radical (unpaired) electrons. The first-order valence-corrected chi connectivity index (χ1v) is 8.21. The molecular weight excluding hydrogens is 300 g/mol. The van der Waals surface area contributed by atoms with Gasteiger partial charge in [-0.25, -0.2) is 0 Å². The van der Waals surface area contributed by atoms with Gasteiger partial charge in [-0.2, -0.15) is 0 Å². The van der Waals surface area contributed by atoms with Gasteiger partial charge in [0.05, 0.1) is 13.2 Å². The number of hydrogen-bond donors (Lipinski definition) is 1. The van der Waals surface area contributed by atoms with E-state index in [2.05, 4.69) is 34.5 Å². The number of hydrogen-bond acceptors (Lipinski definition) is 4. The summed E-state index contributed by atoms with van der Waals surface area (Å²) in [4.78, 5) is 2.39. The predicted octanol–water partition coefficient (Wildman–Crippen LogP) is 0.844. The molecule has 0 spiro atoms. The van der Waals surface area contributed by atoms with Gasteiger partial charge in [-0.3, -0.25) is 4.90 Å². The van der Waals surface area contributed by atoms with Crippen LogP contribution in [0.4, 0.5) is 0 Å². The number of likely N-dealkylation sites (tertiary alicyclic amines) is 1. The average molecular weight is 326 g/mol. The Kier molecular flexibility index (Phi) is 7.95. The van der Waals surface area contributed by atoms with Crippen LogP contribution in [0.15, 0.2) is 29.6 Å². The van der Waals surface area contributed by atoms with E-state index >= 15 is 0 Å². The third kappa shape index (κ3) is 5.01. The minimum absolute atomic E-state index is 0. The van der Waals surface area contributed by atoms with Gasteiger partial charge in [0.2, 0.25) is 0 Å². The average Bonchev–Trinajstić information content (AvgIpc) is 3.06. The Labute approximate surface area is 135 Å². The molecule has 1 fully saturated rings. The van der Waals surface area contributed by atoms with E-state index in [0.29, 0.717) is 6.04 Å². The van der Waals surface area contributed by atoms with Gasteiger partial charge in [0.25, 0.3) is 0 Å². The Balaban J connectivity index is 0.00000121. The van der Waals surface area contributed by atoms with Crippen LogP contribution in [0.3, 0.4) is 0 Å². The van der Waals surface area contributed by atoms with Crippen LogP contribution >= 0.6 is 11.3 Å². The standard InChI is InChI=1S/C16H22N2OS.2H2O/c17-15-3-6-18(12-15)7-9-19-8-4-13-1-2-16-14(11-13)5-10-20-16;;/h1-2,5,10-11,15H,3-4,6-9,12,17H2;2*1H2. The number of nitrogens with two attached hydrogens (primary N) is 1. The molecule has 2 aromatic rings. The monoisotopic (exact) mass is 326 g/mol. The molecule has 1 aromatic carbocycles. The minimum Gasteiger partial charge on any atom is -0.412 e. The second-order valence-electron chi connectivity index (χ2n) is 5.50. The molecule has 2 heterocycles. The van der Waals surface area contributed by atoms with E-state index in [1.54, 1.807) is 11.3 Å². The molecular formula is C16H26N2O3S. The highest BCUT2D eigenvalue weighted by molar-refractivity contribution is 7.17. The molecule has 0 bridgehead atoms. The number of rotatable bonds is 6. The topological polar surface area (TPSA) is 101 Å². The Morgan fingerprint density at radius 2 is 2.09 bits per heavy atom. The fraction of sp³-hybridized carbons (Fsp3) is 0.500. The fourth-order valence-corrected chi connectivity index (χ4v) is 3.49. The quantitative estimate of drug-likeness (QED) is 0.796. The Morgan fingerprint density at radius 3 is 2.86 bits per heavy atom. The van der Waals surface area contributed by atoms with Gasteiger partial charge in [0.1, 0.15) is 0 Å². The van der Waals surface area contributed by atoms with E-state index in [1.165, 1.54) is 15.6 Å². The van der Waals surface area contributed by atoms with Crippen molar-refractivity contribution in [1.82, 2.24) is 4.90 Å². The number of nitrogens with zero attached hydrogens (tertiary/aromatic N) is 1. The van der Waals surface area contributed by atoms with Crippen molar-refractivity contribution < 1.29 is 15.7 Å². The van der Waals surface area contributed by atoms with E-state index in [0.717, 1.165) is 45.7 Å².